The molecule has 0 spiro atoms. The molecule has 2 N–H and O–H groups in total. The Labute approximate surface area is 157 Å². The Hall–Kier alpha value is -2.87. The summed E-state index contributed by atoms with van der Waals surface area (Å²) in [5.41, 5.74) is -0.475. The van der Waals surface area contributed by atoms with E-state index in [4.69, 9.17) is 9.47 Å². The van der Waals surface area contributed by atoms with E-state index in [1.54, 1.807) is 0 Å². The highest BCUT2D eigenvalue weighted by Gasteiger charge is 2.20. The van der Waals surface area contributed by atoms with E-state index in [2.05, 4.69) is 10.3 Å². The number of nitrogens with zero attached hydrogens (tertiary/aromatic N) is 1. The molecule has 0 fully saturated rings. The van der Waals surface area contributed by atoms with Crippen LogP contribution in [0.25, 0.3) is 0 Å². The van der Waals surface area contributed by atoms with Gasteiger partial charge in [-0.2, -0.15) is 0 Å². The number of H-pyrrole nitrogens is 1. The lowest BCUT2D eigenvalue weighted by Gasteiger charge is -2.25. The molecule has 0 radical (unpaired) electrons. The average Bonchev–Trinajstić information content (AvgIpc) is 2.62. The molecule has 0 bridgehead atoms. The molecule has 146 valence electrons. The largest absolute Gasteiger partial charge is 0.445 e. The lowest BCUT2D eigenvalue weighted by molar-refractivity contribution is 0.0664. The van der Waals surface area contributed by atoms with Gasteiger partial charge in [0.15, 0.2) is 0 Å². The normalized spacial score (nSPS) is 11.2. The van der Waals surface area contributed by atoms with Gasteiger partial charge in [0.25, 0.3) is 5.56 Å². The van der Waals surface area contributed by atoms with E-state index in [9.17, 15) is 14.4 Å². The molecule has 1 heterocycles. The first kappa shape index (κ1) is 20.4. The standard InChI is InChI=1S/C19H25N3O5/c1-19(2,21-18(25)27-13-15-7-4-3-5-8-15)10-6-12-26-14-22-11-9-16(23)20-17(22)24/h3-5,7-9,11H,6,10,12-14H2,1-2H3,(H,21,25)(H,20,23,24). The van der Waals surface area contributed by atoms with Gasteiger partial charge in [-0.1, -0.05) is 30.3 Å². The minimum Gasteiger partial charge on any atom is -0.445 e. The average molecular weight is 375 g/mol. The highest BCUT2D eigenvalue weighted by Crippen LogP contribution is 2.12. The zero-order valence-corrected chi connectivity index (χ0v) is 15.6. The fourth-order valence-electron chi connectivity index (χ4n) is 2.42. The van der Waals surface area contributed by atoms with Gasteiger partial charge in [0.05, 0.1) is 0 Å². The van der Waals surface area contributed by atoms with Crippen LogP contribution in [0.15, 0.2) is 52.2 Å². The number of hydrogen-bond donors (Lipinski definition) is 2. The number of ether oxygens (including phenoxy) is 2. The van der Waals surface area contributed by atoms with Crippen molar-refractivity contribution in [3.8, 4) is 0 Å². The first-order valence-corrected chi connectivity index (χ1v) is 8.72. The molecule has 0 aliphatic rings. The summed E-state index contributed by atoms with van der Waals surface area (Å²) in [6.45, 7) is 4.50. The molecule has 8 heteroatoms. The molecule has 0 aliphatic carbocycles. The lowest BCUT2D eigenvalue weighted by atomic mass is 9.99. The maximum absolute atomic E-state index is 11.9. The number of carbonyl (C=O) groups is 1. The van der Waals surface area contributed by atoms with Crippen LogP contribution in [0.2, 0.25) is 0 Å². The van der Waals surface area contributed by atoms with Crippen molar-refractivity contribution in [2.24, 2.45) is 0 Å². The molecule has 0 atom stereocenters. The summed E-state index contributed by atoms with van der Waals surface area (Å²) in [4.78, 5) is 36.6. The van der Waals surface area contributed by atoms with Crippen LogP contribution < -0.4 is 16.6 Å². The molecule has 1 amide bonds. The molecule has 0 unspecified atom stereocenters. The van der Waals surface area contributed by atoms with E-state index < -0.39 is 22.9 Å². The van der Waals surface area contributed by atoms with Crippen LogP contribution in [0, 0.1) is 0 Å². The number of aromatic amines is 1. The van der Waals surface area contributed by atoms with Crippen LogP contribution in [-0.4, -0.2) is 27.8 Å². The van der Waals surface area contributed by atoms with Crippen LogP contribution in [0.4, 0.5) is 4.79 Å². The van der Waals surface area contributed by atoms with Gasteiger partial charge >= 0.3 is 11.8 Å². The van der Waals surface area contributed by atoms with Crippen molar-refractivity contribution in [2.45, 2.75) is 45.6 Å². The van der Waals surface area contributed by atoms with Gasteiger partial charge in [0, 0.05) is 24.4 Å². The van der Waals surface area contributed by atoms with Crippen LogP contribution in [0.3, 0.4) is 0 Å². The molecular weight excluding hydrogens is 350 g/mol. The van der Waals surface area contributed by atoms with Crippen LogP contribution in [-0.2, 0) is 22.8 Å². The van der Waals surface area contributed by atoms with Crippen LogP contribution in [0.5, 0.6) is 0 Å². The van der Waals surface area contributed by atoms with E-state index in [-0.39, 0.29) is 13.3 Å². The zero-order valence-electron chi connectivity index (χ0n) is 15.6. The van der Waals surface area contributed by atoms with Crippen molar-refractivity contribution in [1.29, 1.82) is 0 Å². The molecule has 0 saturated heterocycles. The van der Waals surface area contributed by atoms with E-state index in [0.717, 1.165) is 5.56 Å². The van der Waals surface area contributed by atoms with Gasteiger partial charge in [-0.25, -0.2) is 9.59 Å². The molecule has 0 aliphatic heterocycles. The Kier molecular flexibility index (Phi) is 7.36. The number of alkyl carbamates (subject to hydrolysis) is 1. The Bertz CT molecular complexity index is 842. The SMILES string of the molecule is CC(C)(CCCOCn1ccc(=O)[nH]c1=O)NC(=O)OCc1ccccc1. The summed E-state index contributed by atoms with van der Waals surface area (Å²) in [6.07, 6.45) is 2.28. The summed E-state index contributed by atoms with van der Waals surface area (Å²) in [5, 5.41) is 2.84. The fourth-order valence-corrected chi connectivity index (χ4v) is 2.42. The summed E-state index contributed by atoms with van der Waals surface area (Å²) < 4.78 is 11.9. The van der Waals surface area contributed by atoms with Gasteiger partial charge in [-0.3, -0.25) is 14.3 Å². The van der Waals surface area contributed by atoms with Crippen molar-refractivity contribution in [2.75, 3.05) is 6.61 Å². The quantitative estimate of drug-likeness (QED) is 0.653. The second kappa shape index (κ2) is 9.72. The molecule has 2 rings (SSSR count). The maximum atomic E-state index is 11.9. The first-order valence-electron chi connectivity index (χ1n) is 8.72. The molecule has 8 nitrogen and oxygen atoms in total. The van der Waals surface area contributed by atoms with Gasteiger partial charge in [-0.15, -0.1) is 0 Å². The number of amides is 1. The second-order valence-corrected chi connectivity index (χ2v) is 6.79. The maximum Gasteiger partial charge on any atom is 0.407 e. The van der Waals surface area contributed by atoms with E-state index in [1.165, 1.54) is 16.8 Å². The van der Waals surface area contributed by atoms with Crippen molar-refractivity contribution >= 4 is 6.09 Å². The van der Waals surface area contributed by atoms with Gasteiger partial charge in [0.2, 0.25) is 0 Å². The van der Waals surface area contributed by atoms with Crippen molar-refractivity contribution in [1.82, 2.24) is 14.9 Å². The number of benzene rings is 1. The third-order valence-corrected chi connectivity index (χ3v) is 3.87. The highest BCUT2D eigenvalue weighted by atomic mass is 16.5. The minimum absolute atomic E-state index is 0.0581. The molecule has 27 heavy (non-hydrogen) atoms. The topological polar surface area (TPSA) is 102 Å². The Balaban J connectivity index is 1.65. The van der Waals surface area contributed by atoms with Gasteiger partial charge in [-0.05, 0) is 32.3 Å². The molecular formula is C19H25N3O5. The van der Waals surface area contributed by atoms with Crippen molar-refractivity contribution in [3.63, 3.8) is 0 Å². The third-order valence-electron chi connectivity index (χ3n) is 3.87. The summed E-state index contributed by atoms with van der Waals surface area (Å²) in [5.74, 6) is 0. The first-order chi connectivity index (χ1) is 12.9. The van der Waals surface area contributed by atoms with E-state index >= 15 is 0 Å². The Morgan fingerprint density at radius 1 is 1.19 bits per heavy atom. The third kappa shape index (κ3) is 7.49. The number of rotatable bonds is 9. The molecule has 1 aromatic heterocycles. The van der Waals surface area contributed by atoms with Gasteiger partial charge in [0.1, 0.15) is 13.3 Å². The van der Waals surface area contributed by atoms with Crippen LogP contribution >= 0.6 is 0 Å². The van der Waals surface area contributed by atoms with Crippen LogP contribution in [0.1, 0.15) is 32.3 Å². The van der Waals surface area contributed by atoms with Crippen molar-refractivity contribution in [3.05, 3.63) is 69.0 Å². The molecule has 0 saturated carbocycles. The number of aromatic nitrogens is 2. The Morgan fingerprint density at radius 2 is 1.93 bits per heavy atom. The van der Waals surface area contributed by atoms with E-state index in [1.807, 2.05) is 44.2 Å². The number of nitrogens with one attached hydrogen (secondary N) is 2. The molecule has 2 aromatic rings. The predicted octanol–water partition coefficient (Wildman–Crippen LogP) is 2.00. The summed E-state index contributed by atoms with van der Waals surface area (Å²) in [6, 6.07) is 10.7. The second-order valence-electron chi connectivity index (χ2n) is 6.79. The lowest BCUT2D eigenvalue weighted by Crippen LogP contribution is -2.43. The van der Waals surface area contributed by atoms with Crippen molar-refractivity contribution < 1.29 is 14.3 Å². The predicted molar refractivity (Wildman–Crippen MR) is 100 cm³/mol. The Morgan fingerprint density at radius 3 is 2.63 bits per heavy atom. The fraction of sp³-hybridized carbons (Fsp3) is 0.421. The summed E-state index contributed by atoms with van der Waals surface area (Å²) in [7, 11) is 0. The van der Waals surface area contributed by atoms with E-state index in [0.29, 0.717) is 19.4 Å². The zero-order chi connectivity index (χ0) is 19.7. The monoisotopic (exact) mass is 375 g/mol. The minimum atomic E-state index is -0.509. The molecule has 1 aromatic carbocycles. The smallest absolute Gasteiger partial charge is 0.407 e. The highest BCUT2D eigenvalue weighted by molar-refractivity contribution is 5.68. The van der Waals surface area contributed by atoms with Gasteiger partial charge < -0.3 is 14.8 Å². The number of hydrogen-bond acceptors (Lipinski definition) is 5. The number of carbonyl (C=O) groups excluding carboxylic acids is 1. The summed E-state index contributed by atoms with van der Waals surface area (Å²) >= 11 is 0.